The molecule has 3 N–H and O–H groups in total. The molecule has 0 amide bonds. The quantitative estimate of drug-likeness (QED) is 0.560. The molecule has 3 heterocycles. The Bertz CT molecular complexity index is 920. The van der Waals surface area contributed by atoms with Crippen molar-refractivity contribution in [3.63, 3.8) is 0 Å². The first-order valence-corrected chi connectivity index (χ1v) is 12.3. The van der Waals surface area contributed by atoms with Crippen LogP contribution in [0.15, 0.2) is 30.8 Å². The highest BCUT2D eigenvalue weighted by molar-refractivity contribution is 5.61. The minimum absolute atomic E-state index is 0.228. The van der Waals surface area contributed by atoms with Gasteiger partial charge in [-0.2, -0.15) is 28.1 Å². The molecule has 2 aliphatic rings. The molecule has 0 atom stereocenters. The molecule has 2 aromatic rings. The largest absolute Gasteiger partial charge is 0.454 e. The lowest BCUT2D eigenvalue weighted by Gasteiger charge is -2.12. The van der Waals surface area contributed by atoms with Crippen molar-refractivity contribution in [3.8, 4) is 6.01 Å². The Morgan fingerprint density at radius 3 is 2.20 bits per heavy atom. The number of benzene rings is 1. The Morgan fingerprint density at radius 2 is 1.46 bits per heavy atom. The predicted octanol–water partition coefficient (Wildman–Crippen LogP) is 4.71. The zero-order chi connectivity index (χ0) is 24.9. The van der Waals surface area contributed by atoms with Gasteiger partial charge >= 0.3 is 12.2 Å². The number of hydrogen-bond donors (Lipinski definition) is 3. The van der Waals surface area contributed by atoms with Gasteiger partial charge in [-0.25, -0.2) is 0 Å². The number of aromatic nitrogens is 3. The molecule has 4 rings (SSSR count). The Hall–Kier alpha value is -2.88. The summed E-state index contributed by atoms with van der Waals surface area (Å²) in [5.41, 5.74) is 2.75. The Kier molecular flexibility index (Phi) is 10.6. The molecular weight excluding hydrogens is 457 g/mol. The van der Waals surface area contributed by atoms with E-state index in [0.29, 0.717) is 18.8 Å². The van der Waals surface area contributed by atoms with Gasteiger partial charge in [0.1, 0.15) is 5.82 Å². The van der Waals surface area contributed by atoms with E-state index in [1.54, 1.807) is 0 Å². The number of nitrogens with one attached hydrogen (secondary N) is 3. The van der Waals surface area contributed by atoms with Crippen molar-refractivity contribution in [3.05, 3.63) is 47.8 Å². The first-order valence-electron chi connectivity index (χ1n) is 12.3. The number of anilines is 1. The van der Waals surface area contributed by atoms with E-state index in [0.717, 1.165) is 62.1 Å². The Morgan fingerprint density at radius 1 is 0.800 bits per heavy atom. The first-order chi connectivity index (χ1) is 16.9. The minimum atomic E-state index is -4.47. The van der Waals surface area contributed by atoms with Crippen molar-refractivity contribution in [2.45, 2.75) is 57.5 Å². The molecule has 7 nitrogen and oxygen atoms in total. The second-order valence-corrected chi connectivity index (χ2v) is 8.69. The molecule has 4 bridgehead atoms. The molecule has 1 aromatic carbocycles. The number of hydrogen-bond acceptors (Lipinski definition) is 7. The van der Waals surface area contributed by atoms with Gasteiger partial charge in [0.15, 0.2) is 6.61 Å². The van der Waals surface area contributed by atoms with Crippen LogP contribution in [0, 0.1) is 0 Å². The van der Waals surface area contributed by atoms with E-state index in [4.69, 9.17) is 4.74 Å². The van der Waals surface area contributed by atoms with Crippen molar-refractivity contribution in [2.75, 3.05) is 38.1 Å². The summed E-state index contributed by atoms with van der Waals surface area (Å²) in [5, 5.41) is 9.96. The van der Waals surface area contributed by atoms with E-state index >= 15 is 0 Å². The van der Waals surface area contributed by atoms with Crippen LogP contribution < -0.4 is 20.7 Å². The van der Waals surface area contributed by atoms with Gasteiger partial charge < -0.3 is 20.7 Å². The minimum Gasteiger partial charge on any atom is -0.454 e. The van der Waals surface area contributed by atoms with Crippen molar-refractivity contribution >= 4 is 11.6 Å². The van der Waals surface area contributed by atoms with Gasteiger partial charge in [0.2, 0.25) is 5.95 Å². The van der Waals surface area contributed by atoms with Crippen molar-refractivity contribution in [2.24, 2.45) is 0 Å². The lowest BCUT2D eigenvalue weighted by Crippen LogP contribution is -2.21. The molecule has 2 aliphatic heterocycles. The van der Waals surface area contributed by atoms with Gasteiger partial charge in [-0.15, -0.1) is 0 Å². The van der Waals surface area contributed by atoms with Crippen LogP contribution in [-0.4, -0.2) is 53.9 Å². The molecule has 0 saturated carbocycles. The summed E-state index contributed by atoms with van der Waals surface area (Å²) in [5.74, 6) is 0.570. The smallest absolute Gasteiger partial charge is 0.422 e. The standard InChI is InChI=1S/C25H35F3N6O/c1-19-21-11-9-20(10-12-21)17-22-32-23(34-24(33-22)35-18-25(26,27)28)31-15-7-5-3-2-4-6-13-29-14-8-16-30-19/h9-12,29-30H,1-8,13-18H2,(H,31,32,33,34). The van der Waals surface area contributed by atoms with Gasteiger partial charge in [0.05, 0.1) is 0 Å². The predicted molar refractivity (Wildman–Crippen MR) is 131 cm³/mol. The maximum atomic E-state index is 12.6. The van der Waals surface area contributed by atoms with Crippen LogP contribution in [0.5, 0.6) is 6.01 Å². The highest BCUT2D eigenvalue weighted by Gasteiger charge is 2.29. The van der Waals surface area contributed by atoms with Crippen LogP contribution in [0.1, 0.15) is 61.9 Å². The molecule has 0 spiro atoms. The van der Waals surface area contributed by atoms with E-state index in [1.807, 2.05) is 24.3 Å². The topological polar surface area (TPSA) is 84.0 Å². The zero-order valence-electron chi connectivity index (χ0n) is 20.1. The average Bonchev–Trinajstić information content (AvgIpc) is 2.82. The van der Waals surface area contributed by atoms with Crippen molar-refractivity contribution in [1.29, 1.82) is 0 Å². The molecule has 10 heteroatoms. The van der Waals surface area contributed by atoms with Crippen LogP contribution >= 0.6 is 0 Å². The van der Waals surface area contributed by atoms with Crippen molar-refractivity contribution in [1.82, 2.24) is 25.6 Å². The van der Waals surface area contributed by atoms with Crippen LogP contribution in [0.25, 0.3) is 5.70 Å². The highest BCUT2D eigenvalue weighted by atomic mass is 19.4. The molecule has 0 saturated heterocycles. The summed E-state index contributed by atoms with van der Waals surface area (Å²) in [6.07, 6.45) is 3.57. The summed E-state index contributed by atoms with van der Waals surface area (Å²) in [6, 6.07) is 7.46. The number of ether oxygens (including phenoxy) is 1. The molecular formula is C25H35F3N6O. The summed E-state index contributed by atoms with van der Waals surface area (Å²) in [7, 11) is 0. The second kappa shape index (κ2) is 13.9. The number of halogens is 3. The fraction of sp³-hybridized carbons (Fsp3) is 0.560. The van der Waals surface area contributed by atoms with E-state index < -0.39 is 12.8 Å². The lowest BCUT2D eigenvalue weighted by molar-refractivity contribution is -0.154. The second-order valence-electron chi connectivity index (χ2n) is 8.69. The van der Waals surface area contributed by atoms with Gasteiger partial charge in [0, 0.05) is 25.2 Å². The van der Waals surface area contributed by atoms with Crippen LogP contribution in [0.4, 0.5) is 19.1 Å². The average molecular weight is 493 g/mol. The van der Waals surface area contributed by atoms with E-state index in [9.17, 15) is 13.2 Å². The van der Waals surface area contributed by atoms with Gasteiger partial charge in [0.25, 0.3) is 0 Å². The monoisotopic (exact) mass is 492 g/mol. The van der Waals surface area contributed by atoms with E-state index in [2.05, 4.69) is 37.5 Å². The molecule has 192 valence electrons. The molecule has 0 fully saturated rings. The molecule has 0 unspecified atom stereocenters. The normalized spacial score (nSPS) is 17.3. The molecule has 1 aromatic heterocycles. The number of rotatable bonds is 2. The van der Waals surface area contributed by atoms with Crippen molar-refractivity contribution < 1.29 is 17.9 Å². The fourth-order valence-corrected chi connectivity index (χ4v) is 3.74. The summed E-state index contributed by atoms with van der Waals surface area (Å²) in [4.78, 5) is 12.5. The Labute approximate surface area is 205 Å². The summed E-state index contributed by atoms with van der Waals surface area (Å²) in [6.45, 7) is 6.15. The number of fused-ring (bicyclic) bond motifs is 16. The number of alkyl halides is 3. The third kappa shape index (κ3) is 10.5. The fourth-order valence-electron chi connectivity index (χ4n) is 3.74. The summed E-state index contributed by atoms with van der Waals surface area (Å²) >= 11 is 0. The zero-order valence-corrected chi connectivity index (χ0v) is 20.1. The molecule has 35 heavy (non-hydrogen) atoms. The van der Waals surface area contributed by atoms with Gasteiger partial charge in [-0.05, 0) is 43.5 Å². The SMILES string of the molecule is C=C1NCCCNCCCCCCCCNc2nc(nc(OCC(F)(F)F)n2)Cc2ccc1cc2. The highest BCUT2D eigenvalue weighted by Crippen LogP contribution is 2.19. The van der Waals surface area contributed by atoms with Gasteiger partial charge in [-0.1, -0.05) is 56.5 Å². The Balaban J connectivity index is 1.71. The van der Waals surface area contributed by atoms with E-state index in [-0.39, 0.29) is 12.0 Å². The number of nitrogens with zero attached hydrogens (tertiary/aromatic N) is 3. The maximum Gasteiger partial charge on any atom is 0.422 e. The maximum absolute atomic E-state index is 12.6. The lowest BCUT2D eigenvalue weighted by atomic mass is 10.1. The third-order valence-electron chi connectivity index (χ3n) is 5.62. The van der Waals surface area contributed by atoms with E-state index in [1.165, 1.54) is 19.3 Å². The third-order valence-corrected chi connectivity index (χ3v) is 5.62. The van der Waals surface area contributed by atoms with Crippen LogP contribution in [-0.2, 0) is 6.42 Å². The van der Waals surface area contributed by atoms with Gasteiger partial charge in [-0.3, -0.25) is 0 Å². The first kappa shape index (κ1) is 26.7. The molecule has 0 aliphatic carbocycles. The molecule has 0 radical (unpaired) electrons. The van der Waals surface area contributed by atoms with Crippen LogP contribution in [0.3, 0.4) is 0 Å². The summed E-state index contributed by atoms with van der Waals surface area (Å²) < 4.78 is 42.7. The van der Waals surface area contributed by atoms with Crippen LogP contribution in [0.2, 0.25) is 0 Å².